The summed E-state index contributed by atoms with van der Waals surface area (Å²) in [6.07, 6.45) is 7.91. The van der Waals surface area contributed by atoms with Crippen LogP contribution < -0.4 is 10.2 Å². The summed E-state index contributed by atoms with van der Waals surface area (Å²) in [5, 5.41) is 4.05. The molecule has 1 aliphatic rings. The first-order valence-electron chi connectivity index (χ1n) is 11.5. The standard InChI is InChI=1S/C25H29N7O2S/c1-5-24(34)31(4)16(2)20(33)12-18-8-11-32(15-18)23-13-22(28-17(3)29-23)30-25-27-14-21(35-25)19-6-9-26-10-7-19/h5-7,9-10,13-14,16,18H,1,8,11-12,15H2,2-4H3,(H,27,28,29,30)/t16-,18+/m0/s1. The Labute approximate surface area is 209 Å². The van der Waals surface area contributed by atoms with E-state index >= 15 is 0 Å². The molecule has 0 saturated carbocycles. The van der Waals surface area contributed by atoms with Crippen molar-refractivity contribution in [1.82, 2.24) is 24.8 Å². The molecule has 0 aliphatic carbocycles. The molecule has 0 aromatic carbocycles. The number of ketones is 1. The van der Waals surface area contributed by atoms with Crippen LogP contribution in [0.5, 0.6) is 0 Å². The molecule has 1 amide bonds. The molecule has 1 aliphatic heterocycles. The lowest BCUT2D eigenvalue weighted by Gasteiger charge is -2.24. The zero-order valence-corrected chi connectivity index (χ0v) is 21.0. The largest absolute Gasteiger partial charge is 0.356 e. The Morgan fingerprint density at radius 3 is 2.86 bits per heavy atom. The number of Topliss-reactive ketones (excluding diaryl/α,β-unsaturated/α-hetero) is 1. The number of nitrogens with zero attached hydrogens (tertiary/aromatic N) is 6. The van der Waals surface area contributed by atoms with Crippen LogP contribution in [0, 0.1) is 12.8 Å². The van der Waals surface area contributed by atoms with E-state index in [1.807, 2.05) is 31.3 Å². The van der Waals surface area contributed by atoms with Gasteiger partial charge in [-0.2, -0.15) is 0 Å². The van der Waals surface area contributed by atoms with Gasteiger partial charge < -0.3 is 15.1 Å². The van der Waals surface area contributed by atoms with Crippen LogP contribution in [-0.2, 0) is 9.59 Å². The van der Waals surface area contributed by atoms with Gasteiger partial charge in [0.15, 0.2) is 10.9 Å². The highest BCUT2D eigenvalue weighted by atomic mass is 32.1. The Bertz CT molecular complexity index is 1210. The van der Waals surface area contributed by atoms with Crippen molar-refractivity contribution in [3.05, 3.63) is 55.3 Å². The van der Waals surface area contributed by atoms with Crippen molar-refractivity contribution in [1.29, 1.82) is 0 Å². The van der Waals surface area contributed by atoms with Gasteiger partial charge in [0.25, 0.3) is 0 Å². The van der Waals surface area contributed by atoms with E-state index in [0.29, 0.717) is 18.1 Å². The molecule has 0 radical (unpaired) electrons. The molecule has 2 atom stereocenters. The third-order valence-electron chi connectivity index (χ3n) is 6.20. The van der Waals surface area contributed by atoms with Crippen LogP contribution in [0.4, 0.5) is 16.8 Å². The van der Waals surface area contributed by atoms with Crippen LogP contribution in [0.15, 0.2) is 49.4 Å². The number of aromatic nitrogens is 4. The molecular formula is C25H29N7O2S. The minimum absolute atomic E-state index is 0.0598. The minimum atomic E-state index is -0.470. The maximum Gasteiger partial charge on any atom is 0.246 e. The normalized spacial score (nSPS) is 16.1. The van der Waals surface area contributed by atoms with Gasteiger partial charge in [-0.05, 0) is 50.0 Å². The fourth-order valence-corrected chi connectivity index (χ4v) is 4.91. The van der Waals surface area contributed by atoms with E-state index < -0.39 is 6.04 Å². The van der Waals surface area contributed by atoms with Crippen molar-refractivity contribution in [2.45, 2.75) is 32.7 Å². The first-order chi connectivity index (χ1) is 16.8. The number of carbonyl (C=O) groups excluding carboxylic acids is 2. The first kappa shape index (κ1) is 24.5. The first-order valence-corrected chi connectivity index (χ1v) is 12.3. The van der Waals surface area contributed by atoms with Gasteiger partial charge in [-0.25, -0.2) is 15.0 Å². The number of hydrogen-bond acceptors (Lipinski definition) is 9. The van der Waals surface area contributed by atoms with E-state index in [4.69, 9.17) is 0 Å². The summed E-state index contributed by atoms with van der Waals surface area (Å²) in [6, 6.07) is 5.36. The number of thiazole rings is 1. The number of nitrogens with one attached hydrogen (secondary N) is 1. The average Bonchev–Trinajstić information content (AvgIpc) is 3.52. The second-order valence-electron chi connectivity index (χ2n) is 8.65. The van der Waals surface area contributed by atoms with E-state index in [1.165, 1.54) is 11.0 Å². The zero-order chi connectivity index (χ0) is 24.9. The molecule has 3 aromatic heterocycles. The molecule has 1 fully saturated rings. The highest BCUT2D eigenvalue weighted by molar-refractivity contribution is 7.18. The molecule has 4 rings (SSSR count). The Hall–Kier alpha value is -3.66. The Morgan fingerprint density at radius 1 is 1.34 bits per heavy atom. The van der Waals surface area contributed by atoms with E-state index in [1.54, 1.807) is 37.7 Å². The number of anilines is 3. The Kier molecular flexibility index (Phi) is 7.50. The maximum atomic E-state index is 12.7. The maximum absolute atomic E-state index is 12.7. The number of pyridine rings is 1. The summed E-state index contributed by atoms with van der Waals surface area (Å²) in [4.78, 5) is 46.9. The minimum Gasteiger partial charge on any atom is -0.356 e. The molecule has 0 bridgehead atoms. The van der Waals surface area contributed by atoms with Crippen molar-refractivity contribution < 1.29 is 9.59 Å². The van der Waals surface area contributed by atoms with E-state index in [0.717, 1.165) is 40.9 Å². The lowest BCUT2D eigenvalue weighted by atomic mass is 9.98. The summed E-state index contributed by atoms with van der Waals surface area (Å²) < 4.78 is 0. The van der Waals surface area contributed by atoms with Crippen molar-refractivity contribution >= 4 is 39.8 Å². The highest BCUT2D eigenvalue weighted by Crippen LogP contribution is 2.31. The summed E-state index contributed by atoms with van der Waals surface area (Å²) in [7, 11) is 1.63. The van der Waals surface area contributed by atoms with E-state index in [2.05, 4.69) is 36.7 Å². The molecule has 0 spiro atoms. The van der Waals surface area contributed by atoms with Crippen molar-refractivity contribution in [3.8, 4) is 10.4 Å². The van der Waals surface area contributed by atoms with Crippen molar-refractivity contribution in [3.63, 3.8) is 0 Å². The number of aryl methyl sites for hydroxylation is 1. The molecule has 1 saturated heterocycles. The molecule has 9 nitrogen and oxygen atoms in total. The Balaban J connectivity index is 1.39. The van der Waals surface area contributed by atoms with Crippen LogP contribution >= 0.6 is 11.3 Å². The number of likely N-dealkylation sites (N-methyl/N-ethyl adjacent to an activating group) is 1. The lowest BCUT2D eigenvalue weighted by molar-refractivity contribution is -0.134. The fourth-order valence-electron chi connectivity index (χ4n) is 4.08. The quantitative estimate of drug-likeness (QED) is 0.450. The number of hydrogen-bond donors (Lipinski definition) is 1. The van der Waals surface area contributed by atoms with Crippen molar-refractivity contribution in [2.24, 2.45) is 5.92 Å². The van der Waals surface area contributed by atoms with Gasteiger partial charge in [0.1, 0.15) is 17.5 Å². The second kappa shape index (κ2) is 10.7. The van der Waals surface area contributed by atoms with Crippen LogP contribution in [0.1, 0.15) is 25.6 Å². The van der Waals surface area contributed by atoms with E-state index in [-0.39, 0.29) is 17.6 Å². The highest BCUT2D eigenvalue weighted by Gasteiger charge is 2.29. The molecule has 4 heterocycles. The van der Waals surface area contributed by atoms with Crippen LogP contribution in [0.2, 0.25) is 0 Å². The van der Waals surface area contributed by atoms with Gasteiger partial charge in [-0.1, -0.05) is 17.9 Å². The second-order valence-corrected chi connectivity index (χ2v) is 9.68. The third-order valence-corrected chi connectivity index (χ3v) is 7.16. The molecule has 3 aromatic rings. The fraction of sp³-hybridized carbons (Fsp3) is 0.360. The molecule has 0 unspecified atom stereocenters. The van der Waals surface area contributed by atoms with Gasteiger partial charge in [0, 0.05) is 51.2 Å². The topological polar surface area (TPSA) is 104 Å². The summed E-state index contributed by atoms with van der Waals surface area (Å²) in [6.45, 7) is 8.67. The smallest absolute Gasteiger partial charge is 0.246 e. The summed E-state index contributed by atoms with van der Waals surface area (Å²) >= 11 is 1.54. The summed E-state index contributed by atoms with van der Waals surface area (Å²) in [5.74, 6) is 2.20. The number of amides is 1. The van der Waals surface area contributed by atoms with Gasteiger partial charge >= 0.3 is 0 Å². The van der Waals surface area contributed by atoms with Crippen molar-refractivity contribution in [2.75, 3.05) is 30.4 Å². The predicted molar refractivity (Wildman–Crippen MR) is 138 cm³/mol. The molecule has 10 heteroatoms. The Morgan fingerprint density at radius 2 is 2.11 bits per heavy atom. The SMILES string of the molecule is C=CC(=O)N(C)[C@@H](C)C(=O)C[C@H]1CCN(c2cc(Nc3ncc(-c4ccncc4)s3)nc(C)n2)C1. The summed E-state index contributed by atoms with van der Waals surface area (Å²) in [5.41, 5.74) is 1.07. The third kappa shape index (κ3) is 5.89. The van der Waals surface area contributed by atoms with Gasteiger partial charge in [0.2, 0.25) is 5.91 Å². The molecular weight excluding hydrogens is 462 g/mol. The van der Waals surface area contributed by atoms with Crippen LogP contribution in [-0.4, -0.2) is 62.7 Å². The predicted octanol–water partition coefficient (Wildman–Crippen LogP) is 3.87. The van der Waals surface area contributed by atoms with Gasteiger partial charge in [0.05, 0.1) is 10.9 Å². The van der Waals surface area contributed by atoms with Crippen LogP contribution in [0.3, 0.4) is 0 Å². The monoisotopic (exact) mass is 491 g/mol. The van der Waals surface area contributed by atoms with E-state index in [9.17, 15) is 9.59 Å². The number of carbonyl (C=O) groups is 2. The van der Waals surface area contributed by atoms with Gasteiger partial charge in [-0.15, -0.1) is 0 Å². The lowest BCUT2D eigenvalue weighted by Crippen LogP contribution is -2.40. The number of rotatable bonds is 9. The zero-order valence-electron chi connectivity index (χ0n) is 20.1. The van der Waals surface area contributed by atoms with Gasteiger partial charge in [-0.3, -0.25) is 14.6 Å². The van der Waals surface area contributed by atoms with Crippen LogP contribution in [0.25, 0.3) is 10.4 Å². The molecule has 182 valence electrons. The molecule has 1 N–H and O–H groups in total. The molecule has 35 heavy (non-hydrogen) atoms. The average molecular weight is 492 g/mol.